The van der Waals surface area contributed by atoms with E-state index in [0.717, 1.165) is 23.0 Å². The van der Waals surface area contributed by atoms with Crippen LogP contribution in [0.15, 0.2) is 53.0 Å². The zero-order valence-corrected chi connectivity index (χ0v) is 12.8. The number of hydrogen-bond donors (Lipinski definition) is 0. The van der Waals surface area contributed by atoms with Crippen molar-refractivity contribution in [3.63, 3.8) is 0 Å². The number of rotatable bonds is 6. The van der Waals surface area contributed by atoms with Crippen LogP contribution in [-0.2, 0) is 0 Å². The summed E-state index contributed by atoms with van der Waals surface area (Å²) in [4.78, 5) is 13.0. The highest BCUT2D eigenvalue weighted by molar-refractivity contribution is 9.10. The SMILES string of the molecule is CN(CCOc1ccc(Br)c(C=O)c1)c1ccccc1. The van der Waals surface area contributed by atoms with Gasteiger partial charge in [-0.05, 0) is 30.3 Å². The van der Waals surface area contributed by atoms with Gasteiger partial charge < -0.3 is 9.64 Å². The third-order valence-corrected chi connectivity index (χ3v) is 3.71. The Kier molecular flexibility index (Phi) is 5.18. The molecule has 3 nitrogen and oxygen atoms in total. The largest absolute Gasteiger partial charge is 0.492 e. The fraction of sp³-hybridized carbons (Fsp3) is 0.188. The first-order valence-electron chi connectivity index (χ1n) is 6.34. The monoisotopic (exact) mass is 333 g/mol. The molecular weight excluding hydrogens is 318 g/mol. The molecule has 0 heterocycles. The number of benzene rings is 2. The molecule has 0 unspecified atom stereocenters. The Labute approximate surface area is 127 Å². The molecule has 0 N–H and O–H groups in total. The number of carbonyl (C=O) groups is 1. The smallest absolute Gasteiger partial charge is 0.151 e. The number of hydrogen-bond acceptors (Lipinski definition) is 3. The molecule has 0 aliphatic rings. The van der Waals surface area contributed by atoms with Gasteiger partial charge in [0.2, 0.25) is 0 Å². The van der Waals surface area contributed by atoms with Crippen molar-refractivity contribution in [2.24, 2.45) is 0 Å². The van der Waals surface area contributed by atoms with Crippen LogP contribution in [0.25, 0.3) is 0 Å². The van der Waals surface area contributed by atoms with Crippen LogP contribution in [-0.4, -0.2) is 26.5 Å². The van der Waals surface area contributed by atoms with Crippen molar-refractivity contribution >= 4 is 27.9 Å². The van der Waals surface area contributed by atoms with Crippen molar-refractivity contribution in [3.05, 3.63) is 58.6 Å². The van der Waals surface area contributed by atoms with E-state index in [4.69, 9.17) is 4.74 Å². The first-order valence-corrected chi connectivity index (χ1v) is 7.13. The number of nitrogens with zero attached hydrogens (tertiary/aromatic N) is 1. The summed E-state index contributed by atoms with van der Waals surface area (Å²) in [5.74, 6) is 0.705. The quantitative estimate of drug-likeness (QED) is 0.753. The lowest BCUT2D eigenvalue weighted by Gasteiger charge is -2.19. The van der Waals surface area contributed by atoms with Crippen LogP contribution in [0.3, 0.4) is 0 Å². The third-order valence-electron chi connectivity index (χ3n) is 2.99. The van der Waals surface area contributed by atoms with Gasteiger partial charge in [-0.3, -0.25) is 4.79 Å². The maximum atomic E-state index is 10.9. The van der Waals surface area contributed by atoms with Crippen molar-refractivity contribution in [1.29, 1.82) is 0 Å². The minimum absolute atomic E-state index is 0.561. The number of anilines is 1. The zero-order chi connectivity index (χ0) is 14.4. The summed E-state index contributed by atoms with van der Waals surface area (Å²) >= 11 is 3.32. The molecule has 2 aromatic rings. The van der Waals surface area contributed by atoms with Gasteiger partial charge >= 0.3 is 0 Å². The Bertz CT molecular complexity index is 572. The van der Waals surface area contributed by atoms with E-state index in [9.17, 15) is 4.79 Å². The third kappa shape index (κ3) is 3.84. The number of aldehydes is 1. The molecule has 0 atom stereocenters. The molecular formula is C16H16BrNO2. The summed E-state index contributed by atoms with van der Waals surface area (Å²) in [7, 11) is 2.02. The number of para-hydroxylation sites is 1. The lowest BCUT2D eigenvalue weighted by Crippen LogP contribution is -2.23. The minimum atomic E-state index is 0.561. The molecule has 4 heteroatoms. The summed E-state index contributed by atoms with van der Waals surface area (Å²) in [6.07, 6.45) is 0.813. The van der Waals surface area contributed by atoms with Gasteiger partial charge in [-0.15, -0.1) is 0 Å². The van der Waals surface area contributed by atoms with E-state index in [1.807, 2.05) is 37.4 Å². The standard InChI is InChI=1S/C16H16BrNO2/c1-18(14-5-3-2-4-6-14)9-10-20-15-7-8-16(17)13(11-15)12-19/h2-8,11-12H,9-10H2,1H3. The van der Waals surface area contributed by atoms with E-state index < -0.39 is 0 Å². The molecule has 2 rings (SSSR count). The second-order valence-corrected chi connectivity index (χ2v) is 5.26. The average molecular weight is 334 g/mol. The summed E-state index contributed by atoms with van der Waals surface area (Å²) < 4.78 is 6.45. The zero-order valence-electron chi connectivity index (χ0n) is 11.3. The number of halogens is 1. The molecule has 20 heavy (non-hydrogen) atoms. The van der Waals surface area contributed by atoms with Crippen LogP contribution in [0.4, 0.5) is 5.69 Å². The first kappa shape index (κ1) is 14.6. The highest BCUT2D eigenvalue weighted by atomic mass is 79.9. The first-order chi connectivity index (χ1) is 9.70. The molecule has 0 amide bonds. The molecule has 0 radical (unpaired) electrons. The normalized spacial score (nSPS) is 10.1. The van der Waals surface area contributed by atoms with Gasteiger partial charge in [0, 0.05) is 22.8 Å². The average Bonchev–Trinajstić information content (AvgIpc) is 2.49. The second kappa shape index (κ2) is 7.10. The Balaban J connectivity index is 1.88. The Hall–Kier alpha value is -1.81. The fourth-order valence-electron chi connectivity index (χ4n) is 1.81. The van der Waals surface area contributed by atoms with E-state index in [1.165, 1.54) is 0 Å². The maximum absolute atomic E-state index is 10.9. The van der Waals surface area contributed by atoms with E-state index >= 15 is 0 Å². The van der Waals surface area contributed by atoms with Crippen LogP contribution in [0, 0.1) is 0 Å². The van der Waals surface area contributed by atoms with Gasteiger partial charge in [-0.1, -0.05) is 34.1 Å². The molecule has 0 bridgehead atoms. The summed E-state index contributed by atoms with van der Waals surface area (Å²) in [5, 5.41) is 0. The van der Waals surface area contributed by atoms with Crippen LogP contribution >= 0.6 is 15.9 Å². The highest BCUT2D eigenvalue weighted by Crippen LogP contribution is 2.21. The van der Waals surface area contributed by atoms with Crippen molar-refractivity contribution in [1.82, 2.24) is 0 Å². The van der Waals surface area contributed by atoms with E-state index in [2.05, 4.69) is 33.0 Å². The molecule has 0 spiro atoms. The van der Waals surface area contributed by atoms with Crippen molar-refractivity contribution in [3.8, 4) is 5.75 Å². The van der Waals surface area contributed by atoms with Gasteiger partial charge in [0.25, 0.3) is 0 Å². The molecule has 0 saturated carbocycles. The summed E-state index contributed by atoms with van der Waals surface area (Å²) in [6, 6.07) is 15.5. The van der Waals surface area contributed by atoms with Crippen LogP contribution in [0.5, 0.6) is 5.75 Å². The molecule has 0 fully saturated rings. The molecule has 0 aliphatic heterocycles. The molecule has 0 aliphatic carbocycles. The molecule has 104 valence electrons. The lowest BCUT2D eigenvalue weighted by atomic mass is 10.2. The van der Waals surface area contributed by atoms with Crippen molar-refractivity contribution in [2.45, 2.75) is 0 Å². The topological polar surface area (TPSA) is 29.5 Å². The van der Waals surface area contributed by atoms with Gasteiger partial charge in [-0.25, -0.2) is 0 Å². The van der Waals surface area contributed by atoms with Gasteiger partial charge in [0.05, 0.1) is 6.54 Å². The Morgan fingerprint density at radius 1 is 1.20 bits per heavy atom. The second-order valence-electron chi connectivity index (χ2n) is 4.41. The Morgan fingerprint density at radius 3 is 2.65 bits per heavy atom. The van der Waals surface area contributed by atoms with Crippen LogP contribution < -0.4 is 9.64 Å². The lowest BCUT2D eigenvalue weighted by molar-refractivity contribution is 0.112. The van der Waals surface area contributed by atoms with E-state index in [0.29, 0.717) is 17.9 Å². The fourth-order valence-corrected chi connectivity index (χ4v) is 2.15. The number of carbonyl (C=O) groups excluding carboxylic acids is 1. The predicted molar refractivity (Wildman–Crippen MR) is 84.7 cm³/mol. The molecule has 0 saturated heterocycles. The van der Waals surface area contributed by atoms with E-state index in [1.54, 1.807) is 6.07 Å². The van der Waals surface area contributed by atoms with Gasteiger partial charge in [-0.2, -0.15) is 0 Å². The van der Waals surface area contributed by atoms with Gasteiger partial charge in [0.1, 0.15) is 12.4 Å². The Morgan fingerprint density at radius 2 is 1.95 bits per heavy atom. The van der Waals surface area contributed by atoms with Crippen LogP contribution in [0.1, 0.15) is 10.4 Å². The minimum Gasteiger partial charge on any atom is -0.492 e. The maximum Gasteiger partial charge on any atom is 0.151 e. The van der Waals surface area contributed by atoms with Crippen molar-refractivity contribution in [2.75, 3.05) is 25.1 Å². The molecule has 0 aromatic heterocycles. The van der Waals surface area contributed by atoms with Gasteiger partial charge in [0.15, 0.2) is 6.29 Å². The number of ether oxygens (including phenoxy) is 1. The summed E-state index contributed by atoms with van der Waals surface area (Å²) in [5.41, 5.74) is 1.75. The highest BCUT2D eigenvalue weighted by Gasteiger charge is 2.03. The number of likely N-dealkylation sites (N-methyl/N-ethyl adjacent to an activating group) is 1. The summed E-state index contributed by atoms with van der Waals surface area (Å²) in [6.45, 7) is 1.34. The van der Waals surface area contributed by atoms with Crippen molar-refractivity contribution < 1.29 is 9.53 Å². The predicted octanol–water partition coefficient (Wildman–Crippen LogP) is 3.78. The molecule has 2 aromatic carbocycles. The van der Waals surface area contributed by atoms with E-state index in [-0.39, 0.29) is 0 Å². The van der Waals surface area contributed by atoms with Crippen LogP contribution in [0.2, 0.25) is 0 Å².